The van der Waals surface area contributed by atoms with Crippen LogP contribution in [0.4, 0.5) is 5.69 Å². The number of rotatable bonds is 2. The normalized spacial score (nSPS) is 21.7. The van der Waals surface area contributed by atoms with Gasteiger partial charge in [0.05, 0.1) is 6.61 Å². The Bertz CT molecular complexity index is 312. The molecule has 0 spiro atoms. The molecule has 0 saturated carbocycles. The average molecular weight is 270 g/mol. The molecule has 2 rings (SSSR count). The molecule has 1 fully saturated rings. The molecule has 1 aliphatic rings. The van der Waals surface area contributed by atoms with Crippen molar-refractivity contribution in [3.63, 3.8) is 0 Å². The van der Waals surface area contributed by atoms with E-state index in [0.717, 1.165) is 18.7 Å². The van der Waals surface area contributed by atoms with E-state index >= 15 is 0 Å². The summed E-state index contributed by atoms with van der Waals surface area (Å²) in [6.07, 6.45) is 2.52. The van der Waals surface area contributed by atoms with Crippen LogP contribution in [0.25, 0.3) is 0 Å². The Kier molecular flexibility index (Phi) is 3.65. The lowest BCUT2D eigenvalue weighted by atomic mass is 10.1. The Morgan fingerprint density at radius 2 is 2.07 bits per heavy atom. The molecule has 0 aliphatic carbocycles. The number of halogens is 1. The second-order valence-electron chi connectivity index (χ2n) is 4.01. The highest BCUT2D eigenvalue weighted by Gasteiger charge is 2.17. The summed E-state index contributed by atoms with van der Waals surface area (Å²) < 4.78 is 0. The molecule has 1 aromatic rings. The molecule has 0 bridgehead atoms. The maximum Gasteiger partial charge on any atom is 0.0681 e. The van der Waals surface area contributed by atoms with Gasteiger partial charge in [-0.15, -0.1) is 0 Å². The molecule has 1 aromatic carbocycles. The van der Waals surface area contributed by atoms with Crippen LogP contribution in [0.2, 0.25) is 0 Å². The molecule has 1 heterocycles. The third-order valence-electron chi connectivity index (χ3n) is 2.85. The van der Waals surface area contributed by atoms with E-state index < -0.39 is 0 Å². The van der Waals surface area contributed by atoms with Crippen molar-refractivity contribution in [1.29, 1.82) is 0 Å². The monoisotopic (exact) mass is 269 g/mol. The summed E-state index contributed by atoms with van der Waals surface area (Å²) >= 11 is 3.67. The predicted molar refractivity (Wildman–Crippen MR) is 66.5 cm³/mol. The van der Waals surface area contributed by atoms with Crippen molar-refractivity contribution in [2.24, 2.45) is 0 Å². The van der Waals surface area contributed by atoms with Gasteiger partial charge < -0.3 is 10.0 Å². The second-order valence-corrected chi connectivity index (χ2v) is 5.31. The van der Waals surface area contributed by atoms with E-state index in [2.05, 4.69) is 33.0 Å². The first kappa shape index (κ1) is 11.0. The topological polar surface area (TPSA) is 23.5 Å². The van der Waals surface area contributed by atoms with Gasteiger partial charge in [-0.25, -0.2) is 0 Å². The molecule has 0 amide bonds. The molecular formula is C12H16BrNO. The SMILES string of the molecule is OCc1ccc(N2CCCC(Br)C2)cc1. The molecule has 82 valence electrons. The maximum atomic E-state index is 8.96. The fraction of sp³-hybridized carbons (Fsp3) is 0.500. The molecule has 3 heteroatoms. The molecule has 0 radical (unpaired) electrons. The number of anilines is 1. The standard InChI is InChI=1S/C12H16BrNO/c13-11-2-1-7-14(8-11)12-5-3-10(9-15)4-6-12/h3-6,11,15H,1-2,7-9H2. The predicted octanol–water partition coefficient (Wildman–Crippen LogP) is 2.54. The number of alkyl halides is 1. The fourth-order valence-electron chi connectivity index (χ4n) is 1.97. The first-order chi connectivity index (χ1) is 7.29. The minimum atomic E-state index is 0.126. The number of piperidine rings is 1. The third-order valence-corrected chi connectivity index (χ3v) is 3.60. The van der Waals surface area contributed by atoms with Gasteiger partial charge in [-0.2, -0.15) is 0 Å². The van der Waals surface area contributed by atoms with Gasteiger partial charge in [0.15, 0.2) is 0 Å². The van der Waals surface area contributed by atoms with Crippen LogP contribution in [-0.4, -0.2) is 23.0 Å². The zero-order chi connectivity index (χ0) is 10.7. The molecule has 1 aliphatic heterocycles. The van der Waals surface area contributed by atoms with Crippen LogP contribution < -0.4 is 4.90 Å². The van der Waals surface area contributed by atoms with Crippen molar-refractivity contribution in [3.8, 4) is 0 Å². The largest absolute Gasteiger partial charge is 0.392 e. The Hall–Kier alpha value is -0.540. The summed E-state index contributed by atoms with van der Waals surface area (Å²) in [5.41, 5.74) is 2.24. The van der Waals surface area contributed by atoms with Crippen LogP contribution in [0.3, 0.4) is 0 Å². The highest BCUT2D eigenvalue weighted by atomic mass is 79.9. The van der Waals surface area contributed by atoms with E-state index in [0.29, 0.717) is 4.83 Å². The van der Waals surface area contributed by atoms with Crippen LogP contribution in [0.1, 0.15) is 18.4 Å². The van der Waals surface area contributed by atoms with Gasteiger partial charge in [-0.05, 0) is 30.5 Å². The number of benzene rings is 1. The number of nitrogens with zero attached hydrogens (tertiary/aromatic N) is 1. The number of aliphatic hydroxyl groups is 1. The van der Waals surface area contributed by atoms with Crippen molar-refractivity contribution in [1.82, 2.24) is 0 Å². The second kappa shape index (κ2) is 4.99. The van der Waals surface area contributed by atoms with E-state index in [1.807, 2.05) is 12.1 Å². The van der Waals surface area contributed by atoms with Crippen molar-refractivity contribution in [2.75, 3.05) is 18.0 Å². The average Bonchev–Trinajstić information content (AvgIpc) is 2.29. The van der Waals surface area contributed by atoms with E-state index in [4.69, 9.17) is 5.11 Å². The van der Waals surface area contributed by atoms with E-state index in [1.165, 1.54) is 18.5 Å². The van der Waals surface area contributed by atoms with Crippen molar-refractivity contribution in [2.45, 2.75) is 24.3 Å². The van der Waals surface area contributed by atoms with Gasteiger partial charge in [0.2, 0.25) is 0 Å². The van der Waals surface area contributed by atoms with E-state index in [9.17, 15) is 0 Å². The zero-order valence-electron chi connectivity index (χ0n) is 8.69. The first-order valence-electron chi connectivity index (χ1n) is 5.38. The highest BCUT2D eigenvalue weighted by Crippen LogP contribution is 2.23. The Morgan fingerprint density at radius 1 is 1.33 bits per heavy atom. The molecular weight excluding hydrogens is 254 g/mol. The molecule has 1 saturated heterocycles. The lowest BCUT2D eigenvalue weighted by Crippen LogP contribution is -2.35. The first-order valence-corrected chi connectivity index (χ1v) is 6.30. The summed E-state index contributed by atoms with van der Waals surface area (Å²) in [5, 5.41) is 8.96. The minimum absolute atomic E-state index is 0.126. The van der Waals surface area contributed by atoms with Crippen LogP contribution in [0.5, 0.6) is 0 Å². The van der Waals surface area contributed by atoms with Crippen LogP contribution >= 0.6 is 15.9 Å². The van der Waals surface area contributed by atoms with Gasteiger partial charge in [-0.3, -0.25) is 0 Å². The minimum Gasteiger partial charge on any atom is -0.392 e. The molecule has 2 nitrogen and oxygen atoms in total. The van der Waals surface area contributed by atoms with Crippen LogP contribution in [0, 0.1) is 0 Å². The fourth-order valence-corrected chi connectivity index (χ4v) is 2.65. The highest BCUT2D eigenvalue weighted by molar-refractivity contribution is 9.09. The molecule has 1 unspecified atom stereocenters. The van der Waals surface area contributed by atoms with Gasteiger partial charge in [0, 0.05) is 23.6 Å². The van der Waals surface area contributed by atoms with Gasteiger partial charge in [-0.1, -0.05) is 28.1 Å². The van der Waals surface area contributed by atoms with Gasteiger partial charge in [0.1, 0.15) is 0 Å². The van der Waals surface area contributed by atoms with Crippen LogP contribution in [0.15, 0.2) is 24.3 Å². The van der Waals surface area contributed by atoms with E-state index in [-0.39, 0.29) is 6.61 Å². The number of hydrogen-bond acceptors (Lipinski definition) is 2. The van der Waals surface area contributed by atoms with E-state index in [1.54, 1.807) is 0 Å². The Morgan fingerprint density at radius 3 is 2.67 bits per heavy atom. The van der Waals surface area contributed by atoms with Gasteiger partial charge in [0.25, 0.3) is 0 Å². The lowest BCUT2D eigenvalue weighted by molar-refractivity contribution is 0.282. The maximum absolute atomic E-state index is 8.96. The third kappa shape index (κ3) is 2.73. The molecule has 1 N–H and O–H groups in total. The molecule has 15 heavy (non-hydrogen) atoms. The quantitative estimate of drug-likeness (QED) is 0.835. The number of hydrogen-bond donors (Lipinski definition) is 1. The lowest BCUT2D eigenvalue weighted by Gasteiger charge is -2.32. The summed E-state index contributed by atoms with van der Waals surface area (Å²) in [4.78, 5) is 3.01. The smallest absolute Gasteiger partial charge is 0.0681 e. The van der Waals surface area contributed by atoms with Crippen molar-refractivity contribution >= 4 is 21.6 Å². The summed E-state index contributed by atoms with van der Waals surface area (Å²) in [5.74, 6) is 0. The summed E-state index contributed by atoms with van der Waals surface area (Å²) in [6, 6.07) is 8.17. The number of aliphatic hydroxyl groups excluding tert-OH is 1. The summed E-state index contributed by atoms with van der Waals surface area (Å²) in [7, 11) is 0. The zero-order valence-corrected chi connectivity index (χ0v) is 10.3. The Balaban J connectivity index is 2.07. The van der Waals surface area contributed by atoms with Gasteiger partial charge >= 0.3 is 0 Å². The van der Waals surface area contributed by atoms with Crippen molar-refractivity contribution in [3.05, 3.63) is 29.8 Å². The molecule has 0 aromatic heterocycles. The molecule has 1 atom stereocenters. The summed E-state index contributed by atoms with van der Waals surface area (Å²) in [6.45, 7) is 2.35. The van der Waals surface area contributed by atoms with Crippen molar-refractivity contribution < 1.29 is 5.11 Å². The van der Waals surface area contributed by atoms with Crippen LogP contribution in [-0.2, 0) is 6.61 Å². The Labute approximate surface area is 99.0 Å².